The van der Waals surface area contributed by atoms with E-state index >= 15 is 0 Å². The molecule has 3 rings (SSSR count). The maximum absolute atomic E-state index is 12.7. The molecule has 8 heteroatoms. The fourth-order valence-corrected chi connectivity index (χ4v) is 3.13. The lowest BCUT2D eigenvalue weighted by molar-refractivity contribution is 0.0995. The number of amides is 1. The normalized spacial score (nSPS) is 10.9. The maximum Gasteiger partial charge on any atom is 0.291 e. The van der Waals surface area contributed by atoms with Gasteiger partial charge in [0.05, 0.1) is 20.3 Å². The van der Waals surface area contributed by atoms with E-state index in [0.29, 0.717) is 53.8 Å². The average molecular weight is 473 g/mol. The Morgan fingerprint density at radius 2 is 1.76 bits per heavy atom. The van der Waals surface area contributed by atoms with Crippen LogP contribution < -0.4 is 20.1 Å². The quantitative estimate of drug-likeness (QED) is 0.350. The summed E-state index contributed by atoms with van der Waals surface area (Å²) in [6.45, 7) is 6.42. The molecule has 3 aromatic rings. The predicted octanol–water partition coefficient (Wildman–Crippen LogP) is 5.25. The predicted molar refractivity (Wildman–Crippen MR) is 130 cm³/mol. The van der Waals surface area contributed by atoms with Crippen LogP contribution in [0.1, 0.15) is 24.4 Å². The SMILES string of the molecule is COc1cc(NC(=O)c2ccc(-c3ccc(Cl)cc3)o2)cc(OCCOCCNC(C)C)c1. The number of ether oxygens (including phenoxy) is 3. The van der Waals surface area contributed by atoms with Crippen molar-refractivity contribution in [3.8, 4) is 22.8 Å². The first-order valence-electron chi connectivity index (χ1n) is 10.7. The van der Waals surface area contributed by atoms with Crippen molar-refractivity contribution in [1.82, 2.24) is 5.32 Å². The molecular weight excluding hydrogens is 444 g/mol. The molecule has 0 fully saturated rings. The highest BCUT2D eigenvalue weighted by Crippen LogP contribution is 2.28. The van der Waals surface area contributed by atoms with Crippen LogP contribution in [0.25, 0.3) is 11.3 Å². The molecule has 0 unspecified atom stereocenters. The minimum Gasteiger partial charge on any atom is -0.497 e. The van der Waals surface area contributed by atoms with Crippen molar-refractivity contribution >= 4 is 23.2 Å². The summed E-state index contributed by atoms with van der Waals surface area (Å²) in [4.78, 5) is 12.7. The Morgan fingerprint density at radius 3 is 2.48 bits per heavy atom. The van der Waals surface area contributed by atoms with Crippen LogP contribution in [0, 0.1) is 0 Å². The Morgan fingerprint density at radius 1 is 1.00 bits per heavy atom. The molecule has 1 amide bonds. The first-order valence-corrected chi connectivity index (χ1v) is 11.1. The molecule has 1 heterocycles. The van der Waals surface area contributed by atoms with Crippen LogP contribution in [0.2, 0.25) is 5.02 Å². The van der Waals surface area contributed by atoms with Gasteiger partial charge in [-0.2, -0.15) is 0 Å². The Bertz CT molecular complexity index is 1030. The van der Waals surface area contributed by atoms with Gasteiger partial charge < -0.3 is 29.3 Å². The molecule has 0 aliphatic carbocycles. The second kappa shape index (κ2) is 12.3. The van der Waals surface area contributed by atoms with Crippen molar-refractivity contribution in [3.05, 3.63) is 65.4 Å². The summed E-state index contributed by atoms with van der Waals surface area (Å²) in [7, 11) is 1.56. The monoisotopic (exact) mass is 472 g/mol. The number of furan rings is 1. The van der Waals surface area contributed by atoms with E-state index in [0.717, 1.165) is 12.1 Å². The Labute approximate surface area is 199 Å². The van der Waals surface area contributed by atoms with Gasteiger partial charge in [-0.25, -0.2) is 0 Å². The summed E-state index contributed by atoms with van der Waals surface area (Å²) >= 11 is 5.93. The van der Waals surface area contributed by atoms with Crippen LogP contribution in [0.5, 0.6) is 11.5 Å². The minimum absolute atomic E-state index is 0.189. The zero-order valence-corrected chi connectivity index (χ0v) is 19.8. The van der Waals surface area contributed by atoms with Crippen LogP contribution in [0.3, 0.4) is 0 Å². The summed E-state index contributed by atoms with van der Waals surface area (Å²) in [5.74, 6) is 1.51. The summed E-state index contributed by atoms with van der Waals surface area (Å²) in [6.07, 6.45) is 0. The van der Waals surface area contributed by atoms with Gasteiger partial charge in [0.1, 0.15) is 23.9 Å². The smallest absolute Gasteiger partial charge is 0.291 e. The van der Waals surface area contributed by atoms with Crippen LogP contribution >= 0.6 is 11.6 Å². The van der Waals surface area contributed by atoms with Crippen LogP contribution in [-0.4, -0.2) is 45.4 Å². The molecule has 0 aliphatic rings. The largest absolute Gasteiger partial charge is 0.497 e. The van der Waals surface area contributed by atoms with E-state index in [1.54, 1.807) is 49.6 Å². The fraction of sp³-hybridized carbons (Fsp3) is 0.320. The number of hydrogen-bond donors (Lipinski definition) is 2. The van der Waals surface area contributed by atoms with Crippen molar-refractivity contribution in [1.29, 1.82) is 0 Å². The van der Waals surface area contributed by atoms with Gasteiger partial charge in [-0.1, -0.05) is 25.4 Å². The van der Waals surface area contributed by atoms with Gasteiger partial charge in [-0.15, -0.1) is 0 Å². The van der Waals surface area contributed by atoms with Crippen molar-refractivity contribution in [2.24, 2.45) is 0 Å². The van der Waals surface area contributed by atoms with Crippen molar-refractivity contribution in [3.63, 3.8) is 0 Å². The van der Waals surface area contributed by atoms with Gasteiger partial charge in [0, 0.05) is 47.1 Å². The lowest BCUT2D eigenvalue weighted by Gasteiger charge is -2.12. The van der Waals surface area contributed by atoms with E-state index in [2.05, 4.69) is 24.5 Å². The molecular formula is C25H29ClN2O5. The van der Waals surface area contributed by atoms with Crippen molar-refractivity contribution < 1.29 is 23.4 Å². The number of carbonyl (C=O) groups excluding carboxylic acids is 1. The minimum atomic E-state index is -0.379. The highest BCUT2D eigenvalue weighted by Gasteiger charge is 2.14. The van der Waals surface area contributed by atoms with E-state index in [9.17, 15) is 4.79 Å². The highest BCUT2D eigenvalue weighted by atomic mass is 35.5. The molecule has 2 N–H and O–H groups in total. The average Bonchev–Trinajstić information content (AvgIpc) is 3.29. The Kier molecular flexibility index (Phi) is 9.18. The van der Waals surface area contributed by atoms with Crippen LogP contribution in [-0.2, 0) is 4.74 Å². The van der Waals surface area contributed by atoms with Crippen LogP contribution in [0.15, 0.2) is 59.0 Å². The number of rotatable bonds is 12. The van der Waals surface area contributed by atoms with E-state index in [1.807, 2.05) is 12.1 Å². The van der Waals surface area contributed by atoms with Gasteiger partial charge >= 0.3 is 0 Å². The standard InChI is InChI=1S/C25H29ClN2O5/c1-17(2)27-10-11-31-12-13-32-22-15-20(14-21(16-22)30-3)28-25(29)24-9-8-23(33-24)18-4-6-19(26)7-5-18/h4-9,14-17,27H,10-13H2,1-3H3,(H,28,29). The van der Waals surface area contributed by atoms with Gasteiger partial charge in [-0.3, -0.25) is 4.79 Å². The molecule has 0 aliphatic heterocycles. The zero-order chi connectivity index (χ0) is 23.6. The van der Waals surface area contributed by atoms with E-state index in [1.165, 1.54) is 0 Å². The third kappa shape index (κ3) is 7.82. The molecule has 7 nitrogen and oxygen atoms in total. The van der Waals surface area contributed by atoms with Crippen molar-refractivity contribution in [2.45, 2.75) is 19.9 Å². The number of methoxy groups -OCH3 is 1. The lowest BCUT2D eigenvalue weighted by Crippen LogP contribution is -2.27. The molecule has 1 aromatic heterocycles. The number of halogens is 1. The molecule has 0 spiro atoms. The van der Waals surface area contributed by atoms with E-state index in [4.69, 9.17) is 30.2 Å². The first kappa shape index (κ1) is 24.6. The van der Waals surface area contributed by atoms with Crippen LogP contribution in [0.4, 0.5) is 5.69 Å². The molecule has 33 heavy (non-hydrogen) atoms. The van der Waals surface area contributed by atoms with Gasteiger partial charge in [-0.05, 0) is 36.4 Å². The first-order chi connectivity index (χ1) is 15.9. The number of carbonyl (C=O) groups is 1. The number of benzene rings is 2. The summed E-state index contributed by atoms with van der Waals surface area (Å²) < 4.78 is 22.4. The summed E-state index contributed by atoms with van der Waals surface area (Å²) in [6, 6.07) is 16.2. The molecule has 2 aromatic carbocycles. The maximum atomic E-state index is 12.7. The Balaban J connectivity index is 1.56. The van der Waals surface area contributed by atoms with E-state index in [-0.39, 0.29) is 11.7 Å². The van der Waals surface area contributed by atoms with E-state index < -0.39 is 0 Å². The van der Waals surface area contributed by atoms with Gasteiger partial charge in [0.2, 0.25) is 0 Å². The van der Waals surface area contributed by atoms with Gasteiger partial charge in [0.15, 0.2) is 5.76 Å². The molecule has 0 atom stereocenters. The highest BCUT2D eigenvalue weighted by molar-refractivity contribution is 6.30. The number of anilines is 1. The number of hydrogen-bond acceptors (Lipinski definition) is 6. The van der Waals surface area contributed by atoms with Crippen molar-refractivity contribution in [2.75, 3.05) is 38.8 Å². The summed E-state index contributed by atoms with van der Waals surface area (Å²) in [5.41, 5.74) is 1.36. The zero-order valence-electron chi connectivity index (χ0n) is 19.0. The summed E-state index contributed by atoms with van der Waals surface area (Å²) in [5, 5.41) is 6.74. The van der Waals surface area contributed by atoms with Gasteiger partial charge in [0.25, 0.3) is 5.91 Å². The number of nitrogens with one attached hydrogen (secondary N) is 2. The molecule has 0 radical (unpaired) electrons. The Hall–Kier alpha value is -3.00. The molecule has 176 valence electrons. The third-order valence-corrected chi connectivity index (χ3v) is 4.88. The molecule has 0 bridgehead atoms. The second-order valence-electron chi connectivity index (χ2n) is 7.59. The molecule has 0 saturated carbocycles. The fourth-order valence-electron chi connectivity index (χ4n) is 3.01. The lowest BCUT2D eigenvalue weighted by atomic mass is 10.2. The second-order valence-corrected chi connectivity index (χ2v) is 8.03. The molecule has 0 saturated heterocycles. The topological polar surface area (TPSA) is 82.0 Å². The third-order valence-electron chi connectivity index (χ3n) is 4.63.